The molecule has 0 bridgehead atoms. The molecule has 2 heterocycles. The summed E-state index contributed by atoms with van der Waals surface area (Å²) in [6.07, 6.45) is 5.55. The number of aryl methyl sites for hydroxylation is 1. The summed E-state index contributed by atoms with van der Waals surface area (Å²) in [5, 5.41) is 6.45. The van der Waals surface area contributed by atoms with Crippen molar-refractivity contribution in [3.63, 3.8) is 0 Å². The van der Waals surface area contributed by atoms with Crippen LogP contribution in [-0.4, -0.2) is 27.0 Å². The molecule has 0 radical (unpaired) electrons. The number of rotatable bonds is 8. The van der Waals surface area contributed by atoms with Crippen LogP contribution in [0, 0.1) is 6.92 Å². The summed E-state index contributed by atoms with van der Waals surface area (Å²) in [7, 11) is 0. The second-order valence-corrected chi connectivity index (χ2v) is 10.4. The minimum Gasteiger partial charge on any atom is -0.309 e. The molecule has 36 heavy (non-hydrogen) atoms. The van der Waals surface area contributed by atoms with Crippen LogP contribution in [0.15, 0.2) is 85.5 Å². The van der Waals surface area contributed by atoms with Crippen LogP contribution in [0.1, 0.15) is 62.0 Å². The molecule has 0 aliphatic heterocycles. The lowest BCUT2D eigenvalue weighted by atomic mass is 9.93. The van der Waals surface area contributed by atoms with Crippen molar-refractivity contribution in [3.8, 4) is 5.69 Å². The van der Waals surface area contributed by atoms with Crippen LogP contribution >= 0.6 is 0 Å². The highest BCUT2D eigenvalue weighted by Crippen LogP contribution is 2.22. The molecule has 4 aromatic rings. The maximum absolute atomic E-state index is 13.3. The summed E-state index contributed by atoms with van der Waals surface area (Å²) < 4.78 is 1.94. The molecule has 4 rings (SSSR count). The topological polar surface area (TPSA) is 71.8 Å². The highest BCUT2D eigenvalue weighted by molar-refractivity contribution is 5.94. The number of nitrogens with zero attached hydrogens (tertiary/aromatic N) is 3. The number of anilines is 1. The normalized spacial score (nSPS) is 13.2. The maximum Gasteiger partial charge on any atom is 0.247 e. The lowest BCUT2D eigenvalue weighted by Crippen LogP contribution is -2.35. The number of carbonyl (C=O) groups is 1. The molecule has 2 atom stereocenters. The first kappa shape index (κ1) is 25.3. The van der Waals surface area contributed by atoms with E-state index in [2.05, 4.69) is 79.5 Å². The van der Waals surface area contributed by atoms with Gasteiger partial charge in [0.05, 0.1) is 23.9 Å². The van der Waals surface area contributed by atoms with Crippen molar-refractivity contribution < 1.29 is 4.79 Å². The highest BCUT2D eigenvalue weighted by atomic mass is 16.2. The van der Waals surface area contributed by atoms with Crippen molar-refractivity contribution in [2.24, 2.45) is 0 Å². The van der Waals surface area contributed by atoms with Gasteiger partial charge in [0.1, 0.15) is 11.9 Å². The first-order valence-corrected chi connectivity index (χ1v) is 12.4. The zero-order valence-corrected chi connectivity index (χ0v) is 21.7. The van der Waals surface area contributed by atoms with Crippen molar-refractivity contribution in [1.29, 1.82) is 0 Å². The van der Waals surface area contributed by atoms with Gasteiger partial charge in [-0.05, 0) is 36.1 Å². The van der Waals surface area contributed by atoms with Crippen LogP contribution in [-0.2, 0) is 10.2 Å². The van der Waals surface area contributed by atoms with E-state index in [-0.39, 0.29) is 17.2 Å². The molecule has 186 valence electrons. The second kappa shape index (κ2) is 10.9. The van der Waals surface area contributed by atoms with E-state index in [0.29, 0.717) is 12.4 Å². The lowest BCUT2D eigenvalue weighted by molar-refractivity contribution is -0.118. The van der Waals surface area contributed by atoms with Crippen molar-refractivity contribution >= 4 is 11.7 Å². The molecule has 2 aromatic heterocycles. The van der Waals surface area contributed by atoms with Gasteiger partial charge in [0.2, 0.25) is 5.91 Å². The van der Waals surface area contributed by atoms with Crippen LogP contribution < -0.4 is 10.6 Å². The molecule has 0 unspecified atom stereocenters. The van der Waals surface area contributed by atoms with Gasteiger partial charge in [-0.3, -0.25) is 4.79 Å². The first-order chi connectivity index (χ1) is 17.2. The molecule has 0 aliphatic carbocycles. The Hall–Kier alpha value is -3.77. The maximum atomic E-state index is 13.3. The Balaban J connectivity index is 1.46. The number of carbonyl (C=O) groups excluding carboxylic acids is 1. The van der Waals surface area contributed by atoms with Gasteiger partial charge in [-0.15, -0.1) is 0 Å². The van der Waals surface area contributed by atoms with E-state index in [0.717, 1.165) is 16.9 Å². The van der Waals surface area contributed by atoms with Crippen LogP contribution in [0.2, 0.25) is 0 Å². The number of aromatic nitrogens is 3. The average molecular weight is 482 g/mol. The largest absolute Gasteiger partial charge is 0.309 e. The lowest BCUT2D eigenvalue weighted by Gasteiger charge is -2.21. The van der Waals surface area contributed by atoms with E-state index < -0.39 is 6.04 Å². The van der Waals surface area contributed by atoms with Gasteiger partial charge in [-0.2, -0.15) is 0 Å². The van der Waals surface area contributed by atoms with Gasteiger partial charge in [0.25, 0.3) is 0 Å². The van der Waals surface area contributed by atoms with E-state index in [4.69, 9.17) is 0 Å². The standard InChI is InChI=1S/C30H35N5O/c1-21-11-13-23(14-12-21)22(2)17-32-28(24-9-7-6-8-10-24)29(36)34-27-16-15-25(18-31-27)35-19-26(33-20-35)30(3,4)5/h6-16,18-20,22,28,32H,17H2,1-5H3,(H,31,34,36)/t22-,28-/m0/s1. The quantitative estimate of drug-likeness (QED) is 0.326. The van der Waals surface area contributed by atoms with E-state index in [9.17, 15) is 4.79 Å². The van der Waals surface area contributed by atoms with E-state index >= 15 is 0 Å². The Kier molecular flexibility index (Phi) is 7.65. The molecule has 0 spiro atoms. The third-order valence-electron chi connectivity index (χ3n) is 6.32. The Morgan fingerprint density at radius 1 is 0.944 bits per heavy atom. The predicted molar refractivity (Wildman–Crippen MR) is 145 cm³/mol. The summed E-state index contributed by atoms with van der Waals surface area (Å²) >= 11 is 0. The molecule has 6 heteroatoms. The van der Waals surface area contributed by atoms with Crippen LogP contribution in [0.4, 0.5) is 5.82 Å². The average Bonchev–Trinajstić information content (AvgIpc) is 3.37. The molecule has 6 nitrogen and oxygen atoms in total. The minimum atomic E-state index is -0.497. The fraction of sp³-hybridized carbons (Fsp3) is 0.300. The monoisotopic (exact) mass is 481 g/mol. The molecule has 2 N–H and O–H groups in total. The minimum absolute atomic E-state index is 0.0248. The highest BCUT2D eigenvalue weighted by Gasteiger charge is 2.22. The summed E-state index contributed by atoms with van der Waals surface area (Å²) in [6, 6.07) is 21.6. The van der Waals surface area contributed by atoms with E-state index in [1.807, 2.05) is 53.2 Å². The van der Waals surface area contributed by atoms with Gasteiger partial charge in [-0.1, -0.05) is 87.9 Å². The van der Waals surface area contributed by atoms with Gasteiger partial charge in [0, 0.05) is 18.2 Å². The van der Waals surface area contributed by atoms with Gasteiger partial charge in [-0.25, -0.2) is 9.97 Å². The number of amides is 1. The van der Waals surface area contributed by atoms with E-state index in [1.165, 1.54) is 11.1 Å². The Morgan fingerprint density at radius 3 is 2.28 bits per heavy atom. The number of imidazole rings is 1. The summed E-state index contributed by atoms with van der Waals surface area (Å²) in [4.78, 5) is 22.3. The van der Waals surface area contributed by atoms with Crippen LogP contribution in [0.3, 0.4) is 0 Å². The summed E-state index contributed by atoms with van der Waals surface area (Å²) in [5.41, 5.74) is 5.27. The van der Waals surface area contributed by atoms with Gasteiger partial charge in [0.15, 0.2) is 0 Å². The Bertz CT molecular complexity index is 1270. The van der Waals surface area contributed by atoms with Crippen molar-refractivity contribution in [3.05, 3.63) is 108 Å². The number of pyridine rings is 1. The third kappa shape index (κ3) is 6.26. The molecule has 0 aliphatic rings. The SMILES string of the molecule is Cc1ccc([C@@H](C)CN[C@H](C(=O)Nc2ccc(-n3cnc(C(C)(C)C)c3)cn2)c2ccccc2)cc1. The zero-order valence-electron chi connectivity index (χ0n) is 21.7. The fourth-order valence-electron chi connectivity index (χ4n) is 3.98. The van der Waals surface area contributed by atoms with E-state index in [1.54, 1.807) is 12.5 Å². The number of benzene rings is 2. The van der Waals surface area contributed by atoms with Crippen molar-refractivity contribution in [1.82, 2.24) is 19.9 Å². The second-order valence-electron chi connectivity index (χ2n) is 10.4. The number of hydrogen-bond acceptors (Lipinski definition) is 4. The molecule has 1 amide bonds. The van der Waals surface area contributed by atoms with Gasteiger partial charge < -0.3 is 15.2 Å². The van der Waals surface area contributed by atoms with Crippen molar-refractivity contribution in [2.75, 3.05) is 11.9 Å². The molecule has 2 aromatic carbocycles. The van der Waals surface area contributed by atoms with Crippen molar-refractivity contribution in [2.45, 2.75) is 52.0 Å². The number of nitrogens with one attached hydrogen (secondary N) is 2. The first-order valence-electron chi connectivity index (χ1n) is 12.4. The van der Waals surface area contributed by atoms with Crippen LogP contribution in [0.5, 0.6) is 0 Å². The molecular formula is C30H35N5O. The molecular weight excluding hydrogens is 446 g/mol. The molecule has 0 fully saturated rings. The summed E-state index contributed by atoms with van der Waals surface area (Å²) in [6.45, 7) is 11.3. The smallest absolute Gasteiger partial charge is 0.247 e. The Morgan fingerprint density at radius 2 is 1.67 bits per heavy atom. The Labute approximate surface area is 213 Å². The zero-order chi connectivity index (χ0) is 25.7. The predicted octanol–water partition coefficient (Wildman–Crippen LogP) is 5.95. The van der Waals surface area contributed by atoms with Gasteiger partial charge >= 0.3 is 0 Å². The summed E-state index contributed by atoms with van der Waals surface area (Å²) in [5.74, 6) is 0.625. The molecule has 0 saturated carbocycles. The number of hydrogen-bond donors (Lipinski definition) is 2. The fourth-order valence-corrected chi connectivity index (χ4v) is 3.98. The van der Waals surface area contributed by atoms with Crippen LogP contribution in [0.25, 0.3) is 5.69 Å². The third-order valence-corrected chi connectivity index (χ3v) is 6.32. The molecule has 0 saturated heterocycles.